The highest BCUT2D eigenvalue weighted by Gasteiger charge is 2.21. The third kappa shape index (κ3) is 6.89. The molecule has 2 heterocycles. The maximum atomic E-state index is 6.61. The number of fused-ring (bicyclic) bond motifs is 9. The molecule has 0 bridgehead atoms. The Kier molecular flexibility index (Phi) is 9.53. The monoisotopic (exact) mass is 904 g/mol. The van der Waals surface area contributed by atoms with Crippen LogP contribution in [0.25, 0.3) is 115 Å². The van der Waals surface area contributed by atoms with Crippen molar-refractivity contribution >= 4 is 82.4 Å². The van der Waals surface area contributed by atoms with E-state index in [9.17, 15) is 0 Å². The number of anilines is 3. The van der Waals surface area contributed by atoms with Crippen molar-refractivity contribution in [1.29, 1.82) is 0 Å². The molecule has 0 aliphatic heterocycles. The van der Waals surface area contributed by atoms with E-state index in [1.807, 2.05) is 0 Å². The molecular weight excluding hydrogens is 861 g/mol. The Bertz CT molecular complexity index is 4280. The van der Waals surface area contributed by atoms with Crippen LogP contribution in [0, 0.1) is 0 Å². The number of para-hydroxylation sites is 2. The van der Waals surface area contributed by atoms with Crippen molar-refractivity contribution < 1.29 is 4.42 Å². The van der Waals surface area contributed by atoms with E-state index in [-0.39, 0.29) is 0 Å². The summed E-state index contributed by atoms with van der Waals surface area (Å²) in [5, 5.41) is 9.53. The lowest BCUT2D eigenvalue weighted by molar-refractivity contribution is 0.673. The van der Waals surface area contributed by atoms with Crippen LogP contribution in [-0.4, -0.2) is 4.57 Å². The lowest BCUT2D eigenvalue weighted by atomic mass is 9.94. The minimum atomic E-state index is 0.888. The Balaban J connectivity index is 0.907. The van der Waals surface area contributed by atoms with Crippen molar-refractivity contribution in [3.63, 3.8) is 0 Å². The number of furan rings is 1. The van der Waals surface area contributed by atoms with Gasteiger partial charge in [0.15, 0.2) is 0 Å². The van der Waals surface area contributed by atoms with Crippen molar-refractivity contribution in [1.82, 2.24) is 4.57 Å². The molecular formula is C68H44N2O. The fourth-order valence-corrected chi connectivity index (χ4v) is 11.0. The molecule has 0 unspecified atom stereocenters. The van der Waals surface area contributed by atoms with E-state index in [4.69, 9.17) is 4.42 Å². The van der Waals surface area contributed by atoms with E-state index >= 15 is 0 Å². The minimum absolute atomic E-state index is 0.888. The number of benzene rings is 12. The number of rotatable bonds is 8. The zero-order valence-electron chi connectivity index (χ0n) is 38.7. The van der Waals surface area contributed by atoms with Crippen LogP contribution in [0.4, 0.5) is 17.1 Å². The lowest BCUT2D eigenvalue weighted by Crippen LogP contribution is -2.11. The predicted octanol–water partition coefficient (Wildman–Crippen LogP) is 19.1. The maximum absolute atomic E-state index is 6.61. The molecule has 0 N–H and O–H groups in total. The van der Waals surface area contributed by atoms with Gasteiger partial charge in [-0.2, -0.15) is 0 Å². The number of nitrogens with zero attached hydrogens (tertiary/aromatic N) is 2. The average Bonchev–Trinajstić information content (AvgIpc) is 4.00. The molecule has 0 radical (unpaired) electrons. The first-order valence-electron chi connectivity index (χ1n) is 24.3. The molecule has 14 rings (SSSR count). The third-order valence-corrected chi connectivity index (χ3v) is 14.4. The molecule has 0 amide bonds. The van der Waals surface area contributed by atoms with Crippen molar-refractivity contribution in [3.05, 3.63) is 267 Å². The molecule has 3 heteroatoms. The molecule has 3 nitrogen and oxygen atoms in total. The molecule has 0 aliphatic rings. The molecule has 0 aliphatic carbocycles. The van der Waals surface area contributed by atoms with Gasteiger partial charge in [-0.3, -0.25) is 0 Å². The smallest absolute Gasteiger partial charge is 0.143 e. The van der Waals surface area contributed by atoms with Gasteiger partial charge in [-0.25, -0.2) is 0 Å². The van der Waals surface area contributed by atoms with Gasteiger partial charge in [0.2, 0.25) is 0 Å². The summed E-state index contributed by atoms with van der Waals surface area (Å²) >= 11 is 0. The molecule has 0 saturated carbocycles. The highest BCUT2D eigenvalue weighted by Crippen LogP contribution is 2.45. The molecule has 12 aromatic carbocycles. The molecule has 71 heavy (non-hydrogen) atoms. The van der Waals surface area contributed by atoms with Gasteiger partial charge in [-0.15, -0.1) is 0 Å². The van der Waals surface area contributed by atoms with Crippen LogP contribution < -0.4 is 4.90 Å². The second kappa shape index (κ2) is 16.7. The fraction of sp³-hybridized carbons (Fsp3) is 0. The zero-order chi connectivity index (χ0) is 46.8. The van der Waals surface area contributed by atoms with Crippen molar-refractivity contribution in [2.24, 2.45) is 0 Å². The van der Waals surface area contributed by atoms with Crippen LogP contribution in [0.2, 0.25) is 0 Å². The summed E-state index contributed by atoms with van der Waals surface area (Å²) in [6, 6.07) is 96.8. The Morgan fingerprint density at radius 2 is 0.859 bits per heavy atom. The molecule has 0 spiro atoms. The van der Waals surface area contributed by atoms with E-state index < -0.39 is 0 Å². The Hall–Kier alpha value is -9.44. The van der Waals surface area contributed by atoms with Crippen LogP contribution in [0.5, 0.6) is 0 Å². The standard InChI is InChI=1S/C68H44N2O/c1-2-15-47(16-3-1)62-44-53(52-29-28-45-14-4-5-18-50(45)42-52)35-41-65(62)69(55-38-32-49(33-39-55)57-24-13-27-66-67(57)61-40-34-48-17-6-7-21-58(48)68(61)71-66)54-36-30-46(31-37-54)51-19-12-20-56(43-51)70-63-25-10-8-22-59(63)60-23-9-11-26-64(60)70/h1-44H. The lowest BCUT2D eigenvalue weighted by Gasteiger charge is -2.29. The van der Waals surface area contributed by atoms with E-state index in [0.717, 1.165) is 83.5 Å². The van der Waals surface area contributed by atoms with Gasteiger partial charge in [0, 0.05) is 49.6 Å². The molecule has 0 atom stereocenters. The first-order valence-corrected chi connectivity index (χ1v) is 24.3. The second-order valence-electron chi connectivity index (χ2n) is 18.5. The summed E-state index contributed by atoms with van der Waals surface area (Å²) in [5.41, 5.74) is 17.8. The molecule has 2 aromatic heterocycles. The van der Waals surface area contributed by atoms with Crippen LogP contribution in [0.15, 0.2) is 271 Å². The first kappa shape index (κ1) is 40.6. The van der Waals surface area contributed by atoms with E-state index in [0.29, 0.717) is 0 Å². The van der Waals surface area contributed by atoms with Gasteiger partial charge in [0.1, 0.15) is 11.2 Å². The summed E-state index contributed by atoms with van der Waals surface area (Å²) in [6.45, 7) is 0. The third-order valence-electron chi connectivity index (χ3n) is 14.4. The van der Waals surface area contributed by atoms with Gasteiger partial charge in [0.25, 0.3) is 0 Å². The number of aromatic nitrogens is 1. The molecule has 0 fully saturated rings. The highest BCUT2D eigenvalue weighted by molar-refractivity contribution is 6.19. The molecule has 0 saturated heterocycles. The predicted molar refractivity (Wildman–Crippen MR) is 299 cm³/mol. The molecule has 14 aromatic rings. The number of hydrogen-bond acceptors (Lipinski definition) is 2. The Morgan fingerprint density at radius 3 is 1.62 bits per heavy atom. The van der Waals surface area contributed by atoms with Gasteiger partial charge in [-0.1, -0.05) is 188 Å². The van der Waals surface area contributed by atoms with E-state index in [1.165, 1.54) is 49.1 Å². The van der Waals surface area contributed by atoms with Gasteiger partial charge in [-0.05, 0) is 134 Å². The maximum Gasteiger partial charge on any atom is 0.143 e. The zero-order valence-corrected chi connectivity index (χ0v) is 38.7. The number of hydrogen-bond donors (Lipinski definition) is 0. The topological polar surface area (TPSA) is 21.3 Å². The Labute approximate surface area is 411 Å². The molecule has 332 valence electrons. The minimum Gasteiger partial charge on any atom is -0.455 e. The average molecular weight is 905 g/mol. The summed E-state index contributed by atoms with van der Waals surface area (Å²) < 4.78 is 9.00. The summed E-state index contributed by atoms with van der Waals surface area (Å²) in [5.74, 6) is 0. The Morgan fingerprint density at radius 1 is 0.310 bits per heavy atom. The van der Waals surface area contributed by atoms with Gasteiger partial charge >= 0.3 is 0 Å². The van der Waals surface area contributed by atoms with Crippen molar-refractivity contribution in [3.8, 4) is 50.2 Å². The van der Waals surface area contributed by atoms with Crippen molar-refractivity contribution in [2.75, 3.05) is 4.90 Å². The largest absolute Gasteiger partial charge is 0.455 e. The van der Waals surface area contributed by atoms with Gasteiger partial charge in [0.05, 0.1) is 16.7 Å². The normalized spacial score (nSPS) is 11.7. The van der Waals surface area contributed by atoms with Gasteiger partial charge < -0.3 is 13.9 Å². The first-order chi connectivity index (χ1) is 35.2. The van der Waals surface area contributed by atoms with Crippen molar-refractivity contribution in [2.45, 2.75) is 0 Å². The van der Waals surface area contributed by atoms with Crippen LogP contribution in [0.1, 0.15) is 0 Å². The van der Waals surface area contributed by atoms with E-state index in [2.05, 4.69) is 276 Å². The van der Waals surface area contributed by atoms with Crippen LogP contribution >= 0.6 is 0 Å². The summed E-state index contributed by atoms with van der Waals surface area (Å²) in [4.78, 5) is 2.41. The summed E-state index contributed by atoms with van der Waals surface area (Å²) in [6.07, 6.45) is 0. The second-order valence-corrected chi connectivity index (χ2v) is 18.5. The van der Waals surface area contributed by atoms with Crippen LogP contribution in [0.3, 0.4) is 0 Å². The fourth-order valence-electron chi connectivity index (χ4n) is 11.0. The van der Waals surface area contributed by atoms with Crippen LogP contribution in [-0.2, 0) is 0 Å². The van der Waals surface area contributed by atoms with E-state index in [1.54, 1.807) is 0 Å². The quantitative estimate of drug-likeness (QED) is 0.151. The summed E-state index contributed by atoms with van der Waals surface area (Å²) in [7, 11) is 0. The highest BCUT2D eigenvalue weighted by atomic mass is 16.3. The SMILES string of the molecule is c1ccc(-c2cc(-c3ccc4ccccc4c3)ccc2N(c2ccc(-c3cccc(-n4c5ccccc5c5ccccc54)c3)cc2)c2ccc(-c3cccc4oc5c6ccccc6ccc5c34)cc2)cc1.